The predicted molar refractivity (Wildman–Crippen MR) is 75.7 cm³/mol. The molecule has 0 amide bonds. The fraction of sp³-hybridized carbons (Fsp3) is 0.538. The zero-order valence-corrected chi connectivity index (χ0v) is 12.9. The number of aliphatic hydroxyl groups excluding tert-OH is 2. The van der Waals surface area contributed by atoms with Crippen molar-refractivity contribution in [2.24, 2.45) is 0 Å². The summed E-state index contributed by atoms with van der Waals surface area (Å²) in [4.78, 5) is 0. The molecule has 1 unspecified atom stereocenters. The number of nitrogens with one attached hydrogen (secondary N) is 1. The minimum Gasteiger partial charge on any atom is -0.392 e. The normalized spacial score (nSPS) is 14.0. The van der Waals surface area contributed by atoms with Gasteiger partial charge in [0, 0.05) is 17.6 Å². The molecular formula is C13H20FNO5S. The summed E-state index contributed by atoms with van der Waals surface area (Å²) >= 11 is 0. The maximum Gasteiger partial charge on any atom is 0.488 e. The molecule has 0 saturated heterocycles. The molecule has 21 heavy (non-hydrogen) atoms. The number of hydrogen-bond acceptors (Lipinski definition) is 6. The topological polar surface area (TPSA) is 95.9 Å². The third-order valence-corrected chi connectivity index (χ3v) is 3.03. The Labute approximate surface area is 124 Å². The van der Waals surface area contributed by atoms with Crippen LogP contribution in [0.4, 0.5) is 3.89 Å². The van der Waals surface area contributed by atoms with E-state index in [2.05, 4.69) is 9.50 Å². The lowest BCUT2D eigenvalue weighted by atomic mass is 10.0. The molecule has 6 nitrogen and oxygen atoms in total. The lowest BCUT2D eigenvalue weighted by Gasteiger charge is -2.23. The van der Waals surface area contributed by atoms with Crippen LogP contribution in [0.3, 0.4) is 0 Å². The van der Waals surface area contributed by atoms with Crippen LogP contribution in [0.2, 0.25) is 0 Å². The third kappa shape index (κ3) is 6.38. The van der Waals surface area contributed by atoms with Crippen LogP contribution in [0.5, 0.6) is 5.75 Å². The average Bonchev–Trinajstić information content (AvgIpc) is 2.33. The van der Waals surface area contributed by atoms with Crippen molar-refractivity contribution in [3.05, 3.63) is 29.3 Å². The van der Waals surface area contributed by atoms with Crippen molar-refractivity contribution in [2.45, 2.75) is 39.0 Å². The molecule has 0 bridgehead atoms. The van der Waals surface area contributed by atoms with Crippen molar-refractivity contribution >= 4 is 10.5 Å². The van der Waals surface area contributed by atoms with Gasteiger partial charge in [-0.05, 0) is 38.5 Å². The van der Waals surface area contributed by atoms with Gasteiger partial charge in [-0.2, -0.15) is 8.42 Å². The highest BCUT2D eigenvalue weighted by molar-refractivity contribution is 7.81. The van der Waals surface area contributed by atoms with Gasteiger partial charge in [-0.3, -0.25) is 0 Å². The van der Waals surface area contributed by atoms with Crippen molar-refractivity contribution in [1.29, 1.82) is 0 Å². The van der Waals surface area contributed by atoms with Crippen LogP contribution in [-0.2, 0) is 17.1 Å². The Morgan fingerprint density at radius 2 is 2.00 bits per heavy atom. The first-order valence-corrected chi connectivity index (χ1v) is 7.63. The molecule has 0 fully saturated rings. The minimum atomic E-state index is -5.16. The van der Waals surface area contributed by atoms with Gasteiger partial charge >= 0.3 is 10.5 Å². The highest BCUT2D eigenvalue weighted by Crippen LogP contribution is 2.25. The first-order chi connectivity index (χ1) is 9.52. The van der Waals surface area contributed by atoms with Crippen LogP contribution in [0.1, 0.15) is 38.0 Å². The Bertz CT molecular complexity index is 583. The number of halogens is 1. The molecule has 0 saturated carbocycles. The molecule has 0 aliphatic rings. The molecule has 3 N–H and O–H groups in total. The highest BCUT2D eigenvalue weighted by Gasteiger charge is 2.17. The minimum absolute atomic E-state index is 0.0727. The van der Waals surface area contributed by atoms with E-state index < -0.39 is 23.2 Å². The maximum absolute atomic E-state index is 12.5. The molecule has 0 heterocycles. The summed E-state index contributed by atoms with van der Waals surface area (Å²) in [7, 11) is -5.16. The van der Waals surface area contributed by atoms with Gasteiger partial charge in [-0.15, -0.1) is 0 Å². The van der Waals surface area contributed by atoms with E-state index in [1.54, 1.807) is 0 Å². The summed E-state index contributed by atoms with van der Waals surface area (Å²) in [5.41, 5.74) is 0.356. The number of aliphatic hydroxyl groups is 2. The molecule has 0 aliphatic carbocycles. The van der Waals surface area contributed by atoms with E-state index in [1.165, 1.54) is 18.2 Å². The molecule has 1 aromatic rings. The Hall–Kier alpha value is -1.22. The zero-order chi connectivity index (χ0) is 16.3. The van der Waals surface area contributed by atoms with Gasteiger partial charge in [0.25, 0.3) is 0 Å². The van der Waals surface area contributed by atoms with E-state index in [9.17, 15) is 22.5 Å². The monoisotopic (exact) mass is 321 g/mol. The lowest BCUT2D eigenvalue weighted by Crippen LogP contribution is -2.38. The summed E-state index contributed by atoms with van der Waals surface area (Å²) < 4.78 is 37.6. The van der Waals surface area contributed by atoms with E-state index in [0.29, 0.717) is 5.56 Å². The summed E-state index contributed by atoms with van der Waals surface area (Å²) in [6.07, 6.45) is -0.856. The number of rotatable bonds is 6. The molecule has 1 atom stereocenters. The van der Waals surface area contributed by atoms with E-state index in [4.69, 9.17) is 0 Å². The van der Waals surface area contributed by atoms with Crippen LogP contribution >= 0.6 is 0 Å². The van der Waals surface area contributed by atoms with Crippen molar-refractivity contribution in [3.8, 4) is 5.75 Å². The average molecular weight is 321 g/mol. The lowest BCUT2D eigenvalue weighted by molar-refractivity contribution is 0.163. The van der Waals surface area contributed by atoms with Gasteiger partial charge in [0.1, 0.15) is 0 Å². The Kier molecular flexibility index (Phi) is 5.68. The van der Waals surface area contributed by atoms with Crippen LogP contribution in [0.15, 0.2) is 18.2 Å². The van der Waals surface area contributed by atoms with Gasteiger partial charge < -0.3 is 19.7 Å². The molecular weight excluding hydrogens is 301 g/mol. The van der Waals surface area contributed by atoms with E-state index in [1.807, 2.05) is 20.8 Å². The Balaban J connectivity index is 2.91. The fourth-order valence-electron chi connectivity index (χ4n) is 1.64. The summed E-state index contributed by atoms with van der Waals surface area (Å²) in [5, 5.41) is 22.3. The quantitative estimate of drug-likeness (QED) is 0.681. The molecule has 120 valence electrons. The number of β-amino-alcohol motifs (C(OH)–C–C–N with tert-alkyl or cyclic N) is 1. The zero-order valence-electron chi connectivity index (χ0n) is 12.1. The SMILES string of the molecule is CC(C)(C)NCC(O)c1ccc(OS(=O)(=O)F)c(CO)c1. The van der Waals surface area contributed by atoms with Crippen molar-refractivity contribution < 1.29 is 26.7 Å². The van der Waals surface area contributed by atoms with Crippen molar-refractivity contribution in [1.82, 2.24) is 5.32 Å². The molecule has 8 heteroatoms. The second kappa shape index (κ2) is 6.69. The second-order valence-corrected chi connectivity index (χ2v) is 6.60. The van der Waals surface area contributed by atoms with E-state index in [0.717, 1.165) is 0 Å². The number of hydrogen-bond donors (Lipinski definition) is 3. The molecule has 0 spiro atoms. The molecule has 1 aromatic carbocycles. The molecule has 0 aromatic heterocycles. The number of benzene rings is 1. The van der Waals surface area contributed by atoms with Crippen LogP contribution < -0.4 is 9.50 Å². The first-order valence-electron chi connectivity index (χ1n) is 6.32. The predicted octanol–water partition coefficient (Wildman–Crippen LogP) is 1.19. The fourth-order valence-corrected chi connectivity index (χ4v) is 2.02. The first kappa shape index (κ1) is 17.8. The van der Waals surface area contributed by atoms with Gasteiger partial charge in [-0.1, -0.05) is 9.95 Å². The van der Waals surface area contributed by atoms with Gasteiger partial charge in [0.2, 0.25) is 0 Å². The van der Waals surface area contributed by atoms with Crippen LogP contribution in [0, 0.1) is 0 Å². The molecule has 0 radical (unpaired) electrons. The van der Waals surface area contributed by atoms with Crippen molar-refractivity contribution in [3.63, 3.8) is 0 Å². The van der Waals surface area contributed by atoms with Gasteiger partial charge in [0.05, 0.1) is 12.7 Å². The summed E-state index contributed by atoms with van der Waals surface area (Å²) in [5.74, 6) is -0.306. The maximum atomic E-state index is 12.5. The van der Waals surface area contributed by atoms with Gasteiger partial charge in [0.15, 0.2) is 5.75 Å². The van der Waals surface area contributed by atoms with Crippen LogP contribution in [-0.4, -0.2) is 30.7 Å². The smallest absolute Gasteiger partial charge is 0.392 e. The summed E-state index contributed by atoms with van der Waals surface area (Å²) in [6, 6.07) is 3.97. The Morgan fingerprint density at radius 3 is 2.48 bits per heavy atom. The van der Waals surface area contributed by atoms with E-state index in [-0.39, 0.29) is 23.4 Å². The van der Waals surface area contributed by atoms with E-state index >= 15 is 0 Å². The highest BCUT2D eigenvalue weighted by atomic mass is 32.3. The second-order valence-electron chi connectivity index (χ2n) is 5.65. The standard InChI is InChI=1S/C13H20FNO5S/c1-13(2,3)15-7-11(17)9-4-5-12(10(6-9)8-16)20-21(14,18)19/h4-6,11,15-17H,7-8H2,1-3H3. The van der Waals surface area contributed by atoms with Crippen LogP contribution in [0.25, 0.3) is 0 Å². The molecule has 1 rings (SSSR count). The third-order valence-electron chi connectivity index (χ3n) is 2.65. The Morgan fingerprint density at radius 1 is 1.38 bits per heavy atom. The summed E-state index contributed by atoms with van der Waals surface area (Å²) in [6.45, 7) is 5.57. The molecule has 0 aliphatic heterocycles. The van der Waals surface area contributed by atoms with Crippen molar-refractivity contribution in [2.75, 3.05) is 6.54 Å². The van der Waals surface area contributed by atoms with Gasteiger partial charge in [-0.25, -0.2) is 0 Å². The largest absolute Gasteiger partial charge is 0.488 e.